The molecule has 0 aliphatic rings. The summed E-state index contributed by atoms with van der Waals surface area (Å²) in [6.07, 6.45) is 4.65. The fraction of sp³-hybridized carbons (Fsp3) is 0.200. The first-order valence-corrected chi connectivity index (χ1v) is 7.46. The summed E-state index contributed by atoms with van der Waals surface area (Å²) >= 11 is 1.68. The number of thioether (sulfide) groups is 1. The van der Waals surface area contributed by atoms with Gasteiger partial charge in [0.2, 0.25) is 0 Å². The summed E-state index contributed by atoms with van der Waals surface area (Å²) in [5.41, 5.74) is 1.52. The molecule has 1 heterocycles. The smallest absolute Gasteiger partial charge is 0.252 e. The lowest BCUT2D eigenvalue weighted by atomic mass is 10.1. The Morgan fingerprint density at radius 3 is 2.35 bits per heavy atom. The molecule has 0 bridgehead atoms. The topological polar surface area (TPSA) is 56.0 Å². The van der Waals surface area contributed by atoms with E-state index in [0.29, 0.717) is 10.3 Å². The normalized spacial score (nSPS) is 11.9. The van der Waals surface area contributed by atoms with Crippen LogP contribution in [0.1, 0.15) is 28.9 Å². The number of rotatable bonds is 4. The molecular formula is C15H16N2O2S. The first-order chi connectivity index (χ1) is 9.60. The van der Waals surface area contributed by atoms with Crippen molar-refractivity contribution in [2.24, 2.45) is 0 Å². The van der Waals surface area contributed by atoms with Crippen LogP contribution >= 0.6 is 11.8 Å². The largest absolute Gasteiger partial charge is 0.619 e. The van der Waals surface area contributed by atoms with Gasteiger partial charge in [0.1, 0.15) is 0 Å². The molecule has 1 N–H and O–H groups in total. The average Bonchev–Trinajstić information content (AvgIpc) is 2.48. The third-order valence-corrected chi connectivity index (χ3v) is 3.77. The molecule has 104 valence electrons. The number of carbonyl (C=O) groups is 1. The standard InChI is InChI=1S/C15H16N2O2S/c1-11(12-3-5-14(20-2)6-4-12)16-15(18)13-7-9-17(19)10-8-13/h3-11H,1-2H3,(H,16,18)/t11-/m1/s1. The van der Waals surface area contributed by atoms with E-state index in [2.05, 4.69) is 5.32 Å². The van der Waals surface area contributed by atoms with Crippen LogP contribution in [0, 0.1) is 5.21 Å². The third-order valence-electron chi connectivity index (χ3n) is 3.03. The van der Waals surface area contributed by atoms with Gasteiger partial charge >= 0.3 is 0 Å². The molecule has 4 nitrogen and oxygen atoms in total. The van der Waals surface area contributed by atoms with Crippen molar-refractivity contribution in [2.45, 2.75) is 17.9 Å². The zero-order valence-corrected chi connectivity index (χ0v) is 12.2. The van der Waals surface area contributed by atoms with Gasteiger partial charge in [-0.25, -0.2) is 0 Å². The Bertz CT molecular complexity index is 582. The minimum absolute atomic E-state index is 0.0852. The van der Waals surface area contributed by atoms with Gasteiger partial charge in [0.05, 0.1) is 11.6 Å². The van der Waals surface area contributed by atoms with E-state index >= 15 is 0 Å². The lowest BCUT2D eigenvalue weighted by Gasteiger charge is -2.14. The molecule has 1 atom stereocenters. The first kappa shape index (κ1) is 14.4. The number of nitrogens with one attached hydrogen (secondary N) is 1. The van der Waals surface area contributed by atoms with Gasteiger partial charge < -0.3 is 10.5 Å². The summed E-state index contributed by atoms with van der Waals surface area (Å²) in [7, 11) is 0. The molecule has 0 spiro atoms. The second-order valence-electron chi connectivity index (χ2n) is 4.42. The second-order valence-corrected chi connectivity index (χ2v) is 5.29. The van der Waals surface area contributed by atoms with Crippen LogP contribution in [0.25, 0.3) is 0 Å². The minimum Gasteiger partial charge on any atom is -0.619 e. The van der Waals surface area contributed by atoms with Crippen molar-refractivity contribution in [3.8, 4) is 0 Å². The van der Waals surface area contributed by atoms with Gasteiger partial charge in [0.15, 0.2) is 12.4 Å². The van der Waals surface area contributed by atoms with Crippen molar-refractivity contribution in [3.63, 3.8) is 0 Å². The molecule has 20 heavy (non-hydrogen) atoms. The molecule has 5 heteroatoms. The van der Waals surface area contributed by atoms with E-state index in [1.54, 1.807) is 11.8 Å². The predicted molar refractivity (Wildman–Crippen MR) is 79.5 cm³/mol. The number of pyridine rings is 1. The predicted octanol–water partition coefficient (Wildman–Crippen LogP) is 2.53. The summed E-state index contributed by atoms with van der Waals surface area (Å²) in [5.74, 6) is -0.188. The SMILES string of the molecule is CSc1ccc([C@@H](C)NC(=O)c2cc[n+]([O-])cc2)cc1. The number of hydrogen-bond donors (Lipinski definition) is 1. The molecule has 0 unspecified atom stereocenters. The summed E-state index contributed by atoms with van der Waals surface area (Å²) in [4.78, 5) is 13.2. The van der Waals surface area contributed by atoms with Crippen LogP contribution in [0.4, 0.5) is 0 Å². The van der Waals surface area contributed by atoms with Gasteiger partial charge in [0, 0.05) is 17.0 Å². The number of carbonyl (C=O) groups excluding carboxylic acids is 1. The number of hydrogen-bond acceptors (Lipinski definition) is 3. The van der Waals surface area contributed by atoms with Crippen molar-refractivity contribution in [3.05, 3.63) is 65.1 Å². The lowest BCUT2D eigenvalue weighted by molar-refractivity contribution is -0.605. The molecular weight excluding hydrogens is 272 g/mol. The van der Waals surface area contributed by atoms with Crippen LogP contribution in [0.3, 0.4) is 0 Å². The molecule has 1 aromatic carbocycles. The number of amides is 1. The molecule has 0 saturated heterocycles. The van der Waals surface area contributed by atoms with Crippen LogP contribution in [-0.4, -0.2) is 12.2 Å². The minimum atomic E-state index is -0.188. The monoisotopic (exact) mass is 288 g/mol. The Balaban J connectivity index is 2.04. The maximum Gasteiger partial charge on any atom is 0.252 e. The Morgan fingerprint density at radius 2 is 1.80 bits per heavy atom. The highest BCUT2D eigenvalue weighted by atomic mass is 32.2. The lowest BCUT2D eigenvalue weighted by Crippen LogP contribution is -2.29. The third kappa shape index (κ3) is 3.51. The fourth-order valence-electron chi connectivity index (χ4n) is 1.82. The Kier molecular flexibility index (Phi) is 4.63. The highest BCUT2D eigenvalue weighted by Gasteiger charge is 2.12. The van der Waals surface area contributed by atoms with Crippen molar-refractivity contribution >= 4 is 17.7 Å². The molecule has 2 aromatic rings. The van der Waals surface area contributed by atoms with Gasteiger partial charge in [-0.3, -0.25) is 4.79 Å². The zero-order valence-electron chi connectivity index (χ0n) is 11.4. The van der Waals surface area contributed by atoms with Crippen LogP contribution in [-0.2, 0) is 0 Å². The molecule has 1 aromatic heterocycles. The molecule has 0 fully saturated rings. The quantitative estimate of drug-likeness (QED) is 0.534. The van der Waals surface area contributed by atoms with Crippen LogP contribution in [0.2, 0.25) is 0 Å². The molecule has 1 amide bonds. The van der Waals surface area contributed by atoms with Crippen LogP contribution in [0.15, 0.2) is 53.7 Å². The summed E-state index contributed by atoms with van der Waals surface area (Å²) in [6, 6.07) is 11.0. The fourth-order valence-corrected chi connectivity index (χ4v) is 2.23. The van der Waals surface area contributed by atoms with Crippen molar-refractivity contribution < 1.29 is 9.52 Å². The molecule has 2 rings (SSSR count). The Hall–Kier alpha value is -2.01. The first-order valence-electron chi connectivity index (χ1n) is 6.24. The number of aromatic nitrogens is 1. The van der Waals surface area contributed by atoms with Crippen LogP contribution < -0.4 is 10.0 Å². The molecule has 0 radical (unpaired) electrons. The van der Waals surface area contributed by atoms with Gasteiger partial charge in [-0.05, 0) is 30.9 Å². The molecule has 0 saturated carbocycles. The summed E-state index contributed by atoms with van der Waals surface area (Å²) in [5, 5.41) is 13.8. The Labute approximate surface area is 122 Å². The van der Waals surface area contributed by atoms with E-state index in [0.717, 1.165) is 5.56 Å². The van der Waals surface area contributed by atoms with Gasteiger partial charge in [0.25, 0.3) is 5.91 Å². The summed E-state index contributed by atoms with van der Waals surface area (Å²) < 4.78 is 0.654. The van der Waals surface area contributed by atoms with Crippen molar-refractivity contribution in [2.75, 3.05) is 6.26 Å². The van der Waals surface area contributed by atoms with E-state index in [9.17, 15) is 10.0 Å². The second kappa shape index (κ2) is 6.43. The van der Waals surface area contributed by atoms with E-state index < -0.39 is 0 Å². The van der Waals surface area contributed by atoms with Crippen LogP contribution in [0.5, 0.6) is 0 Å². The Morgan fingerprint density at radius 1 is 1.20 bits per heavy atom. The molecule has 0 aliphatic heterocycles. The highest BCUT2D eigenvalue weighted by molar-refractivity contribution is 7.98. The van der Waals surface area contributed by atoms with E-state index in [1.165, 1.54) is 29.4 Å². The highest BCUT2D eigenvalue weighted by Crippen LogP contribution is 2.19. The van der Waals surface area contributed by atoms with E-state index in [-0.39, 0.29) is 11.9 Å². The maximum absolute atomic E-state index is 12.0. The average molecular weight is 288 g/mol. The van der Waals surface area contributed by atoms with Gasteiger partial charge in [-0.1, -0.05) is 12.1 Å². The van der Waals surface area contributed by atoms with E-state index in [4.69, 9.17) is 0 Å². The van der Waals surface area contributed by atoms with Crippen molar-refractivity contribution in [1.29, 1.82) is 0 Å². The van der Waals surface area contributed by atoms with E-state index in [1.807, 2.05) is 37.4 Å². The summed E-state index contributed by atoms with van der Waals surface area (Å²) in [6.45, 7) is 1.93. The maximum atomic E-state index is 12.0. The van der Waals surface area contributed by atoms with Gasteiger partial charge in [-0.2, -0.15) is 4.73 Å². The number of benzene rings is 1. The molecule has 0 aliphatic carbocycles. The van der Waals surface area contributed by atoms with Gasteiger partial charge in [-0.15, -0.1) is 11.8 Å². The number of nitrogens with zero attached hydrogens (tertiary/aromatic N) is 1. The zero-order chi connectivity index (χ0) is 14.5. The van der Waals surface area contributed by atoms with Crippen molar-refractivity contribution in [1.82, 2.24) is 5.32 Å².